The van der Waals surface area contributed by atoms with E-state index in [1.807, 2.05) is 0 Å². The molecule has 1 aliphatic rings. The lowest BCUT2D eigenvalue weighted by Crippen LogP contribution is -2.47. The van der Waals surface area contributed by atoms with Crippen LogP contribution in [0.3, 0.4) is 0 Å². The summed E-state index contributed by atoms with van der Waals surface area (Å²) in [5, 5.41) is 8.28. The van der Waals surface area contributed by atoms with Crippen molar-refractivity contribution in [2.45, 2.75) is 45.6 Å². The fourth-order valence-electron chi connectivity index (χ4n) is 3.01. The third-order valence-electron chi connectivity index (χ3n) is 3.96. The molecule has 0 radical (unpaired) electrons. The molecule has 1 aromatic rings. The van der Waals surface area contributed by atoms with Crippen LogP contribution in [0.5, 0.6) is 0 Å². The Morgan fingerprint density at radius 2 is 1.61 bits per heavy atom. The van der Waals surface area contributed by atoms with Gasteiger partial charge in [0.05, 0.1) is 0 Å². The zero-order valence-electron chi connectivity index (χ0n) is 13.5. The molecule has 0 aromatic heterocycles. The van der Waals surface area contributed by atoms with Gasteiger partial charge in [0.2, 0.25) is 17.7 Å². The van der Waals surface area contributed by atoms with Crippen molar-refractivity contribution < 1.29 is 14.4 Å². The van der Waals surface area contributed by atoms with Crippen molar-refractivity contribution in [2.24, 2.45) is 5.92 Å². The summed E-state index contributed by atoms with van der Waals surface area (Å²) in [6.45, 7) is 2.85. The Kier molecular flexibility index (Phi) is 5.73. The second kappa shape index (κ2) is 7.76. The summed E-state index contributed by atoms with van der Waals surface area (Å²) in [6.07, 6.45) is 4.08. The van der Waals surface area contributed by atoms with Crippen LogP contribution in [0.2, 0.25) is 0 Å². The van der Waals surface area contributed by atoms with Crippen LogP contribution in [0, 0.1) is 5.92 Å². The van der Waals surface area contributed by atoms with Crippen molar-refractivity contribution in [3.63, 3.8) is 0 Å². The molecule has 6 nitrogen and oxygen atoms in total. The van der Waals surface area contributed by atoms with Gasteiger partial charge in [-0.25, -0.2) is 0 Å². The normalized spacial score (nSPS) is 15.7. The lowest BCUT2D eigenvalue weighted by molar-refractivity contribution is -0.126. The van der Waals surface area contributed by atoms with Crippen molar-refractivity contribution in [3.05, 3.63) is 24.3 Å². The van der Waals surface area contributed by atoms with Crippen molar-refractivity contribution in [3.8, 4) is 0 Å². The molecule has 1 aliphatic carbocycles. The third kappa shape index (κ3) is 5.09. The summed E-state index contributed by atoms with van der Waals surface area (Å²) >= 11 is 0. The minimum atomic E-state index is -0.514. The van der Waals surface area contributed by atoms with Gasteiger partial charge in [-0.15, -0.1) is 0 Å². The van der Waals surface area contributed by atoms with E-state index in [9.17, 15) is 14.4 Å². The van der Waals surface area contributed by atoms with Crippen LogP contribution < -0.4 is 16.0 Å². The molecule has 3 N–H and O–H groups in total. The number of carbonyl (C=O) groups excluding carboxylic acids is 3. The van der Waals surface area contributed by atoms with E-state index in [0.29, 0.717) is 11.4 Å². The minimum absolute atomic E-state index is 0.171. The molecule has 1 fully saturated rings. The monoisotopic (exact) mass is 317 g/mol. The first kappa shape index (κ1) is 17.0. The topological polar surface area (TPSA) is 87.3 Å². The maximum absolute atomic E-state index is 12.6. The highest BCUT2D eigenvalue weighted by Crippen LogP contribution is 2.28. The van der Waals surface area contributed by atoms with E-state index in [-0.39, 0.29) is 23.6 Å². The first-order chi connectivity index (χ1) is 11.0. The van der Waals surface area contributed by atoms with E-state index in [4.69, 9.17) is 0 Å². The molecule has 124 valence electrons. The first-order valence-corrected chi connectivity index (χ1v) is 7.91. The van der Waals surface area contributed by atoms with Crippen LogP contribution >= 0.6 is 0 Å². The highest BCUT2D eigenvalue weighted by Gasteiger charge is 2.31. The lowest BCUT2D eigenvalue weighted by atomic mass is 9.97. The maximum atomic E-state index is 12.6. The summed E-state index contributed by atoms with van der Waals surface area (Å²) in [7, 11) is 0. The summed E-state index contributed by atoms with van der Waals surface area (Å²) in [4.78, 5) is 35.1. The fraction of sp³-hybridized carbons (Fsp3) is 0.471. The number of amides is 3. The van der Waals surface area contributed by atoms with E-state index in [2.05, 4.69) is 16.0 Å². The summed E-state index contributed by atoms with van der Waals surface area (Å²) in [5.41, 5.74) is 1.21. The molecule has 2 rings (SSSR count). The van der Waals surface area contributed by atoms with Gasteiger partial charge in [-0.3, -0.25) is 14.4 Å². The number of benzene rings is 1. The van der Waals surface area contributed by atoms with Gasteiger partial charge in [0.15, 0.2) is 0 Å². The Hall–Kier alpha value is -2.37. The summed E-state index contributed by atoms with van der Waals surface area (Å²) in [5.74, 6) is -0.413. The number of nitrogens with one attached hydrogen (secondary N) is 3. The summed E-state index contributed by atoms with van der Waals surface area (Å²) in [6, 6.07) is 6.43. The highest BCUT2D eigenvalue weighted by molar-refractivity contribution is 5.98. The standard InChI is InChI=1S/C17H23N3O3/c1-11(21)18-14-8-5-9-15(10-14)20-17(23)16(19-12(2)22)13-6-3-4-7-13/h5,8-10,13,16H,3-4,6-7H2,1-2H3,(H,18,21)(H,19,22)(H,20,23). The van der Waals surface area contributed by atoms with Crippen molar-refractivity contribution in [1.82, 2.24) is 5.32 Å². The van der Waals surface area contributed by atoms with Crippen molar-refractivity contribution in [1.29, 1.82) is 0 Å². The number of hydrogen-bond acceptors (Lipinski definition) is 3. The molecule has 0 heterocycles. The van der Waals surface area contributed by atoms with E-state index < -0.39 is 6.04 Å². The molecule has 0 spiro atoms. The van der Waals surface area contributed by atoms with Gasteiger partial charge >= 0.3 is 0 Å². The van der Waals surface area contributed by atoms with Crippen molar-refractivity contribution in [2.75, 3.05) is 10.6 Å². The predicted molar refractivity (Wildman–Crippen MR) is 88.9 cm³/mol. The minimum Gasteiger partial charge on any atom is -0.344 e. The molecular formula is C17H23N3O3. The molecule has 1 atom stereocenters. The molecule has 1 unspecified atom stereocenters. The van der Waals surface area contributed by atoms with Crippen LogP contribution in [0.25, 0.3) is 0 Å². The Bertz CT molecular complexity index is 595. The quantitative estimate of drug-likeness (QED) is 0.778. The average molecular weight is 317 g/mol. The molecule has 0 bridgehead atoms. The molecular weight excluding hydrogens is 294 g/mol. The SMILES string of the molecule is CC(=O)Nc1cccc(NC(=O)C(NC(C)=O)C2CCCC2)c1. The zero-order valence-corrected chi connectivity index (χ0v) is 13.5. The van der Waals surface area contributed by atoms with Crippen LogP contribution in [-0.4, -0.2) is 23.8 Å². The Morgan fingerprint density at radius 1 is 1.00 bits per heavy atom. The Balaban J connectivity index is 2.08. The molecule has 0 saturated heterocycles. The number of anilines is 2. The number of carbonyl (C=O) groups is 3. The van der Waals surface area contributed by atoms with Crippen LogP contribution in [-0.2, 0) is 14.4 Å². The van der Waals surface area contributed by atoms with Gasteiger partial charge in [-0.1, -0.05) is 18.9 Å². The smallest absolute Gasteiger partial charge is 0.247 e. The molecule has 0 aliphatic heterocycles. The summed E-state index contributed by atoms with van der Waals surface area (Å²) < 4.78 is 0. The van der Waals surface area contributed by atoms with Crippen LogP contribution in [0.4, 0.5) is 11.4 Å². The Morgan fingerprint density at radius 3 is 2.17 bits per heavy atom. The Labute approximate surface area is 136 Å². The molecule has 6 heteroatoms. The van der Waals surface area contributed by atoms with Gasteiger partial charge in [-0.2, -0.15) is 0 Å². The number of hydrogen-bond donors (Lipinski definition) is 3. The predicted octanol–water partition coefficient (Wildman–Crippen LogP) is 2.28. The lowest BCUT2D eigenvalue weighted by Gasteiger charge is -2.23. The molecule has 1 aromatic carbocycles. The first-order valence-electron chi connectivity index (χ1n) is 7.91. The van der Waals surface area contributed by atoms with E-state index in [1.54, 1.807) is 24.3 Å². The second-order valence-corrected chi connectivity index (χ2v) is 5.97. The van der Waals surface area contributed by atoms with Gasteiger partial charge in [0.1, 0.15) is 6.04 Å². The zero-order chi connectivity index (χ0) is 16.8. The van der Waals surface area contributed by atoms with Crippen LogP contribution in [0.1, 0.15) is 39.5 Å². The number of rotatable bonds is 5. The molecule has 3 amide bonds. The van der Waals surface area contributed by atoms with Gasteiger partial charge in [0, 0.05) is 25.2 Å². The highest BCUT2D eigenvalue weighted by atomic mass is 16.2. The van der Waals surface area contributed by atoms with Crippen molar-refractivity contribution >= 4 is 29.1 Å². The largest absolute Gasteiger partial charge is 0.344 e. The average Bonchev–Trinajstić information content (AvgIpc) is 2.98. The van der Waals surface area contributed by atoms with E-state index in [1.165, 1.54) is 13.8 Å². The maximum Gasteiger partial charge on any atom is 0.247 e. The van der Waals surface area contributed by atoms with E-state index >= 15 is 0 Å². The van der Waals surface area contributed by atoms with Gasteiger partial charge < -0.3 is 16.0 Å². The second-order valence-electron chi connectivity index (χ2n) is 5.97. The third-order valence-corrected chi connectivity index (χ3v) is 3.96. The molecule has 1 saturated carbocycles. The van der Waals surface area contributed by atoms with Crippen LogP contribution in [0.15, 0.2) is 24.3 Å². The fourth-order valence-corrected chi connectivity index (χ4v) is 3.01. The van der Waals surface area contributed by atoms with Gasteiger partial charge in [0.25, 0.3) is 0 Å². The van der Waals surface area contributed by atoms with Gasteiger partial charge in [-0.05, 0) is 37.0 Å². The molecule has 23 heavy (non-hydrogen) atoms. The van der Waals surface area contributed by atoms with E-state index in [0.717, 1.165) is 25.7 Å².